The van der Waals surface area contributed by atoms with Crippen molar-refractivity contribution < 1.29 is 24.6 Å². The predicted molar refractivity (Wildman–Crippen MR) is 89.4 cm³/mol. The van der Waals surface area contributed by atoms with Crippen molar-refractivity contribution in [1.82, 2.24) is 0 Å². The predicted octanol–water partition coefficient (Wildman–Crippen LogP) is 2.97. The number of nitrogens with one attached hydrogen (secondary N) is 1. The lowest BCUT2D eigenvalue weighted by molar-refractivity contribution is -0.401. The minimum atomic E-state index is -1.15. The van der Waals surface area contributed by atoms with Gasteiger partial charge in [-0.1, -0.05) is 0 Å². The van der Waals surface area contributed by atoms with Crippen molar-refractivity contribution in [1.29, 1.82) is 0 Å². The van der Waals surface area contributed by atoms with Crippen LogP contribution in [0, 0.1) is 50.6 Å². The normalized spacial score (nSPS) is 10.1. The molecule has 1 N–H and O–H groups in total. The van der Waals surface area contributed by atoms with E-state index in [1.54, 1.807) is 0 Å². The molecule has 0 fully saturated rings. The van der Waals surface area contributed by atoms with Crippen molar-refractivity contribution in [2.24, 2.45) is 0 Å². The van der Waals surface area contributed by atoms with E-state index in [1.165, 1.54) is 0 Å². The quantitative estimate of drug-likeness (QED) is 0.529. The van der Waals surface area contributed by atoms with Gasteiger partial charge in [0.2, 0.25) is 0 Å². The second-order valence-corrected chi connectivity index (χ2v) is 4.97. The van der Waals surface area contributed by atoms with Gasteiger partial charge in [0.05, 0.1) is 42.8 Å². The molecule has 0 saturated carbocycles. The summed E-state index contributed by atoms with van der Waals surface area (Å²) < 4.78 is 0. The third-order valence-corrected chi connectivity index (χ3v) is 3.33. The molecule has 0 amide bonds. The van der Waals surface area contributed by atoms with Crippen molar-refractivity contribution in [3.05, 3.63) is 80.9 Å². The first-order valence-corrected chi connectivity index (χ1v) is 6.84. The Bertz CT molecular complexity index is 1020. The minimum Gasteiger partial charge on any atom is -0.339 e. The third-order valence-electron chi connectivity index (χ3n) is 3.33. The van der Waals surface area contributed by atoms with E-state index >= 15 is 0 Å². The second-order valence-electron chi connectivity index (χ2n) is 4.97. The zero-order valence-electron chi connectivity index (χ0n) is 13.2. The van der Waals surface area contributed by atoms with Gasteiger partial charge in [0.15, 0.2) is 5.69 Å². The molecule has 0 spiro atoms. The fourth-order valence-corrected chi connectivity index (χ4v) is 2.14. The Morgan fingerprint density at radius 2 is 1.00 bits per heavy atom. The van der Waals surface area contributed by atoms with Crippen LogP contribution in [-0.4, -0.2) is 24.6 Å². The number of non-ortho nitro benzene ring substituents is 2. The van der Waals surface area contributed by atoms with Crippen molar-refractivity contribution in [2.45, 2.75) is 0 Å². The highest BCUT2D eigenvalue weighted by Gasteiger charge is 2.32. The molecule has 0 heterocycles. The van der Waals surface area contributed by atoms with Gasteiger partial charge in [0, 0.05) is 6.07 Å². The van der Waals surface area contributed by atoms with E-state index in [1.807, 2.05) is 0 Å². The van der Waals surface area contributed by atoms with E-state index in [-0.39, 0.29) is 0 Å². The van der Waals surface area contributed by atoms with Gasteiger partial charge in [-0.05, 0) is 6.07 Å². The molecule has 144 valence electrons. The molecule has 0 aliphatic carbocycles. The molecule has 2 aromatic rings. The third kappa shape index (κ3) is 3.74. The standard InChI is InChI=1S/C12H6N6O10/c19-14(20)6-1-2-8(9(3-6)16(23)24)13-12-10(17(25)26)4-7(15(21)22)5-11(12)18(27)28/h1-5,13H. The fraction of sp³-hybridized carbons (Fsp3) is 0. The van der Waals surface area contributed by atoms with Gasteiger partial charge in [-0.3, -0.25) is 50.6 Å². The van der Waals surface area contributed by atoms with Crippen molar-refractivity contribution in [2.75, 3.05) is 5.32 Å². The molecule has 2 rings (SSSR count). The molecular weight excluding hydrogens is 388 g/mol. The summed E-state index contributed by atoms with van der Waals surface area (Å²) in [6, 6.07) is 3.08. The largest absolute Gasteiger partial charge is 0.339 e. The summed E-state index contributed by atoms with van der Waals surface area (Å²) in [6.07, 6.45) is 0. The van der Waals surface area contributed by atoms with Gasteiger partial charge in [-0.25, -0.2) is 0 Å². The molecule has 0 unspecified atom stereocenters. The van der Waals surface area contributed by atoms with Crippen LogP contribution in [0.1, 0.15) is 0 Å². The monoisotopic (exact) mass is 394 g/mol. The number of anilines is 2. The van der Waals surface area contributed by atoms with Crippen molar-refractivity contribution in [3.8, 4) is 0 Å². The number of benzene rings is 2. The van der Waals surface area contributed by atoms with Crippen LogP contribution in [0.2, 0.25) is 0 Å². The lowest BCUT2D eigenvalue weighted by Crippen LogP contribution is -2.05. The molecule has 16 nitrogen and oxygen atoms in total. The Morgan fingerprint density at radius 1 is 0.571 bits per heavy atom. The molecule has 0 aliphatic rings. The summed E-state index contributed by atoms with van der Waals surface area (Å²) in [4.78, 5) is 49.8. The zero-order chi connectivity index (χ0) is 21.2. The van der Waals surface area contributed by atoms with E-state index in [0.717, 1.165) is 12.1 Å². The van der Waals surface area contributed by atoms with Crippen LogP contribution in [0.3, 0.4) is 0 Å². The van der Waals surface area contributed by atoms with Gasteiger partial charge in [-0.2, -0.15) is 0 Å². The lowest BCUT2D eigenvalue weighted by atomic mass is 10.1. The lowest BCUT2D eigenvalue weighted by Gasteiger charge is -2.08. The molecule has 0 saturated heterocycles. The maximum atomic E-state index is 11.2. The average Bonchev–Trinajstić information content (AvgIpc) is 2.60. The smallest absolute Gasteiger partial charge is 0.306 e. The van der Waals surface area contributed by atoms with E-state index in [4.69, 9.17) is 0 Å². The number of rotatable bonds is 7. The molecule has 0 atom stereocenters. The van der Waals surface area contributed by atoms with Crippen LogP contribution in [0.25, 0.3) is 0 Å². The fourth-order valence-electron chi connectivity index (χ4n) is 2.14. The summed E-state index contributed by atoms with van der Waals surface area (Å²) in [5.41, 5.74) is -6.07. The van der Waals surface area contributed by atoms with Crippen LogP contribution in [0.15, 0.2) is 30.3 Å². The maximum absolute atomic E-state index is 11.2. The van der Waals surface area contributed by atoms with Gasteiger partial charge >= 0.3 is 11.4 Å². The number of nitro groups is 5. The van der Waals surface area contributed by atoms with Crippen molar-refractivity contribution in [3.63, 3.8) is 0 Å². The van der Waals surface area contributed by atoms with Gasteiger partial charge in [0.1, 0.15) is 5.69 Å². The highest BCUT2D eigenvalue weighted by molar-refractivity contribution is 5.84. The topological polar surface area (TPSA) is 228 Å². The van der Waals surface area contributed by atoms with Crippen LogP contribution in [0.4, 0.5) is 39.8 Å². The van der Waals surface area contributed by atoms with E-state index in [2.05, 4.69) is 5.32 Å². The second kappa shape index (κ2) is 7.23. The van der Waals surface area contributed by atoms with E-state index < -0.39 is 64.4 Å². The zero-order valence-corrected chi connectivity index (χ0v) is 13.2. The Balaban J connectivity index is 2.74. The highest BCUT2D eigenvalue weighted by atomic mass is 16.6. The van der Waals surface area contributed by atoms with Crippen LogP contribution in [-0.2, 0) is 0 Å². The molecule has 0 aromatic heterocycles. The first-order valence-electron chi connectivity index (χ1n) is 6.84. The van der Waals surface area contributed by atoms with Crippen LogP contribution < -0.4 is 5.32 Å². The number of nitro benzene ring substituents is 5. The molecule has 0 aliphatic heterocycles. The molecule has 28 heavy (non-hydrogen) atoms. The first kappa shape index (κ1) is 19.6. The Morgan fingerprint density at radius 3 is 1.39 bits per heavy atom. The number of hydrogen-bond acceptors (Lipinski definition) is 11. The van der Waals surface area contributed by atoms with E-state index in [9.17, 15) is 50.6 Å². The van der Waals surface area contributed by atoms with Gasteiger partial charge in [-0.15, -0.1) is 0 Å². The summed E-state index contributed by atoms with van der Waals surface area (Å²) in [5, 5.41) is 57.3. The Kier molecular flexibility index (Phi) is 5.05. The summed E-state index contributed by atoms with van der Waals surface area (Å²) in [7, 11) is 0. The molecule has 2 aromatic carbocycles. The molecule has 16 heteroatoms. The van der Waals surface area contributed by atoms with Crippen LogP contribution in [0.5, 0.6) is 0 Å². The molecular formula is C12H6N6O10. The van der Waals surface area contributed by atoms with Crippen molar-refractivity contribution >= 4 is 39.8 Å². The minimum absolute atomic E-state index is 0.437. The molecule has 0 bridgehead atoms. The highest BCUT2D eigenvalue weighted by Crippen LogP contribution is 2.42. The summed E-state index contributed by atoms with van der Waals surface area (Å²) in [5.74, 6) is 0. The van der Waals surface area contributed by atoms with Crippen LogP contribution >= 0.6 is 0 Å². The number of hydrogen-bond donors (Lipinski definition) is 1. The summed E-state index contributed by atoms with van der Waals surface area (Å²) >= 11 is 0. The van der Waals surface area contributed by atoms with E-state index in [0.29, 0.717) is 18.2 Å². The Labute approximate surface area is 151 Å². The molecule has 0 radical (unpaired) electrons. The average molecular weight is 394 g/mol. The van der Waals surface area contributed by atoms with Gasteiger partial charge < -0.3 is 5.32 Å². The number of nitrogens with zero attached hydrogens (tertiary/aromatic N) is 5. The van der Waals surface area contributed by atoms with Gasteiger partial charge in [0.25, 0.3) is 17.1 Å². The first-order chi connectivity index (χ1) is 13.0. The SMILES string of the molecule is O=[N+]([O-])c1ccc(Nc2c([N+](=O)[O-])cc([N+](=O)[O-])cc2[N+](=O)[O-])c([N+](=O)[O-])c1. The Hall–Kier alpha value is -4.76. The summed E-state index contributed by atoms with van der Waals surface area (Å²) in [6.45, 7) is 0. The maximum Gasteiger partial charge on any atom is 0.306 e.